The maximum Gasteiger partial charge on any atom is 0.323 e. The van der Waals surface area contributed by atoms with Gasteiger partial charge in [0.2, 0.25) is 5.91 Å². The Morgan fingerprint density at radius 3 is 2.39 bits per heavy atom. The third-order valence-electron chi connectivity index (χ3n) is 3.74. The van der Waals surface area contributed by atoms with Crippen LogP contribution in [0.1, 0.15) is 0 Å². The highest BCUT2D eigenvalue weighted by Gasteiger charge is 2.06. The van der Waals surface area contributed by atoms with Gasteiger partial charge in [0.25, 0.3) is 0 Å². The first-order valence-corrected chi connectivity index (χ1v) is 8.61. The zero-order valence-electron chi connectivity index (χ0n) is 15.3. The normalized spacial score (nSPS) is 10.6. The molecule has 9 nitrogen and oxygen atoms in total. The molecule has 0 unspecified atom stereocenters. The number of hydrogen-bond donors (Lipinski definition) is 3. The molecule has 3 amide bonds. The molecule has 0 saturated carbocycles. The Kier molecular flexibility index (Phi) is 6.55. The number of hydrogen-bond acceptors (Lipinski definition) is 5. The lowest BCUT2D eigenvalue weighted by molar-refractivity contribution is -0.121. The molecule has 0 radical (unpaired) electrons. The minimum atomic E-state index is -0.372. The second-order valence-corrected chi connectivity index (χ2v) is 5.86. The summed E-state index contributed by atoms with van der Waals surface area (Å²) in [5.74, 6) is -0.260. The van der Waals surface area contributed by atoms with Crippen molar-refractivity contribution < 1.29 is 19.1 Å². The van der Waals surface area contributed by atoms with E-state index in [9.17, 15) is 9.59 Å². The number of nitrogens with one attached hydrogen (secondary N) is 3. The fourth-order valence-electron chi connectivity index (χ4n) is 2.43. The number of carbonyl (C=O) groups excluding carboxylic acids is 2. The molecule has 0 aliphatic heterocycles. The van der Waals surface area contributed by atoms with Crippen molar-refractivity contribution in [3.63, 3.8) is 0 Å². The maximum absolute atomic E-state index is 12.1. The highest BCUT2D eigenvalue weighted by atomic mass is 16.5. The lowest BCUT2D eigenvalue weighted by Gasteiger charge is -2.10. The van der Waals surface area contributed by atoms with E-state index in [2.05, 4.69) is 20.9 Å². The summed E-state index contributed by atoms with van der Waals surface area (Å²) in [5, 5.41) is 8.20. The van der Waals surface area contributed by atoms with Crippen molar-refractivity contribution in [2.45, 2.75) is 0 Å². The zero-order chi connectivity index (χ0) is 19.8. The summed E-state index contributed by atoms with van der Waals surface area (Å²) in [6.07, 6.45) is 5.26. The molecule has 3 rings (SSSR count). The number of imidazole rings is 1. The van der Waals surface area contributed by atoms with Crippen molar-refractivity contribution in [3.8, 4) is 0 Å². The number of rotatable bonds is 8. The average Bonchev–Trinajstić information content (AvgIpc) is 3.14. The van der Waals surface area contributed by atoms with Gasteiger partial charge in [0.15, 0.2) is 0 Å². The highest BCUT2D eigenvalue weighted by molar-refractivity contribution is 6.00. The molecule has 146 valence electrons. The van der Waals surface area contributed by atoms with Crippen LogP contribution in [0.25, 0.3) is 5.65 Å². The van der Waals surface area contributed by atoms with Crippen molar-refractivity contribution in [2.75, 3.05) is 42.9 Å². The van der Waals surface area contributed by atoms with Crippen molar-refractivity contribution in [3.05, 3.63) is 55.0 Å². The largest absolute Gasteiger partial charge is 0.382 e. The molecule has 9 heteroatoms. The van der Waals surface area contributed by atoms with Gasteiger partial charge in [-0.15, -0.1) is 0 Å². The molecule has 0 saturated heterocycles. The molecule has 1 aromatic carbocycles. The molecule has 0 bridgehead atoms. The van der Waals surface area contributed by atoms with Crippen LogP contribution in [0.3, 0.4) is 0 Å². The Morgan fingerprint density at radius 2 is 1.64 bits per heavy atom. The van der Waals surface area contributed by atoms with E-state index in [1.807, 2.05) is 10.5 Å². The van der Waals surface area contributed by atoms with Gasteiger partial charge in [-0.1, -0.05) is 0 Å². The van der Waals surface area contributed by atoms with Crippen LogP contribution in [0.5, 0.6) is 0 Å². The van der Waals surface area contributed by atoms with Gasteiger partial charge in [0.1, 0.15) is 12.3 Å². The zero-order valence-corrected chi connectivity index (χ0v) is 15.3. The van der Waals surface area contributed by atoms with Crippen molar-refractivity contribution in [1.82, 2.24) is 9.38 Å². The van der Waals surface area contributed by atoms with Gasteiger partial charge in [-0.2, -0.15) is 0 Å². The monoisotopic (exact) mass is 383 g/mol. The quantitative estimate of drug-likeness (QED) is 0.519. The third kappa shape index (κ3) is 5.53. The Morgan fingerprint density at radius 1 is 0.964 bits per heavy atom. The average molecular weight is 383 g/mol. The molecular weight excluding hydrogens is 362 g/mol. The topological polar surface area (TPSA) is 106 Å². The maximum atomic E-state index is 12.1. The number of ether oxygens (including phenoxy) is 2. The smallest absolute Gasteiger partial charge is 0.323 e. The van der Waals surface area contributed by atoms with Crippen LogP contribution < -0.4 is 16.0 Å². The molecule has 28 heavy (non-hydrogen) atoms. The molecule has 2 aromatic heterocycles. The number of fused-ring (bicyclic) bond motifs is 1. The molecule has 0 fully saturated rings. The van der Waals surface area contributed by atoms with E-state index < -0.39 is 0 Å². The Hall–Kier alpha value is -3.43. The molecule has 0 aliphatic carbocycles. The minimum Gasteiger partial charge on any atom is -0.382 e. The molecule has 0 spiro atoms. The fraction of sp³-hybridized carbons (Fsp3) is 0.211. The van der Waals surface area contributed by atoms with Crippen molar-refractivity contribution >= 4 is 34.6 Å². The second-order valence-electron chi connectivity index (χ2n) is 5.86. The second kappa shape index (κ2) is 9.49. The number of urea groups is 1. The Balaban J connectivity index is 1.47. The van der Waals surface area contributed by atoms with Crippen molar-refractivity contribution in [1.29, 1.82) is 0 Å². The summed E-state index contributed by atoms with van der Waals surface area (Å²) in [6, 6.07) is 9.99. The molecule has 2 heterocycles. The first-order valence-electron chi connectivity index (χ1n) is 8.61. The van der Waals surface area contributed by atoms with E-state index in [-0.39, 0.29) is 18.5 Å². The number of benzene rings is 1. The number of carbonyl (C=O) groups is 2. The van der Waals surface area contributed by atoms with Crippen LogP contribution in [0, 0.1) is 0 Å². The standard InChI is InChI=1S/C19H21N5O4/c1-27-10-11-28-13-18(25)21-14-2-4-15(5-3-14)22-19(26)23-16-6-7-17-20-8-9-24(17)12-16/h2-9,12H,10-11,13H2,1H3,(H,21,25)(H2,22,23,26). The van der Waals surface area contributed by atoms with Gasteiger partial charge in [0, 0.05) is 37.1 Å². The summed E-state index contributed by atoms with van der Waals surface area (Å²) >= 11 is 0. The van der Waals surface area contributed by atoms with Gasteiger partial charge in [-0.05, 0) is 36.4 Å². The predicted octanol–water partition coefficient (Wildman–Crippen LogP) is 2.58. The highest BCUT2D eigenvalue weighted by Crippen LogP contribution is 2.15. The number of anilines is 3. The predicted molar refractivity (Wildman–Crippen MR) is 106 cm³/mol. The van der Waals surface area contributed by atoms with E-state index in [1.54, 1.807) is 56.0 Å². The number of methoxy groups -OCH3 is 1. The third-order valence-corrected chi connectivity index (χ3v) is 3.74. The van der Waals surface area contributed by atoms with Gasteiger partial charge in [0.05, 0.1) is 18.9 Å². The summed E-state index contributed by atoms with van der Waals surface area (Å²) in [4.78, 5) is 28.1. The molecule has 3 aromatic rings. The van der Waals surface area contributed by atoms with E-state index >= 15 is 0 Å². The Bertz CT molecular complexity index is 939. The number of nitrogens with zero attached hydrogens (tertiary/aromatic N) is 2. The van der Waals surface area contributed by atoms with Crippen LogP contribution in [0.15, 0.2) is 55.0 Å². The fourth-order valence-corrected chi connectivity index (χ4v) is 2.43. The Labute approximate surface area is 161 Å². The minimum absolute atomic E-state index is 0.0486. The molecule has 0 atom stereocenters. The SMILES string of the molecule is COCCOCC(=O)Nc1ccc(NC(=O)Nc2ccc3nccn3c2)cc1. The number of aromatic nitrogens is 2. The van der Waals surface area contributed by atoms with Crippen LogP contribution >= 0.6 is 0 Å². The first kappa shape index (κ1) is 19.3. The van der Waals surface area contributed by atoms with Crippen molar-refractivity contribution in [2.24, 2.45) is 0 Å². The van der Waals surface area contributed by atoms with Crippen LogP contribution in [0.4, 0.5) is 21.9 Å². The summed E-state index contributed by atoms with van der Waals surface area (Å²) in [6.45, 7) is 0.745. The van der Waals surface area contributed by atoms with Gasteiger partial charge in [-0.3, -0.25) is 4.79 Å². The van der Waals surface area contributed by atoms with E-state index in [0.29, 0.717) is 30.3 Å². The lowest BCUT2D eigenvalue weighted by atomic mass is 10.3. The lowest BCUT2D eigenvalue weighted by Crippen LogP contribution is -2.20. The van der Waals surface area contributed by atoms with E-state index in [1.165, 1.54) is 0 Å². The summed E-state index contributed by atoms with van der Waals surface area (Å²) in [5.41, 5.74) is 2.64. The van der Waals surface area contributed by atoms with Crippen LogP contribution in [-0.4, -0.2) is 48.3 Å². The molecular formula is C19H21N5O4. The molecule has 0 aliphatic rings. The summed E-state index contributed by atoms with van der Waals surface area (Å²) < 4.78 is 11.8. The van der Waals surface area contributed by atoms with Gasteiger partial charge < -0.3 is 29.8 Å². The molecule has 3 N–H and O–H groups in total. The van der Waals surface area contributed by atoms with Crippen LogP contribution in [-0.2, 0) is 14.3 Å². The van der Waals surface area contributed by atoms with E-state index in [0.717, 1.165) is 5.65 Å². The van der Waals surface area contributed by atoms with E-state index in [4.69, 9.17) is 9.47 Å². The number of pyridine rings is 1. The van der Waals surface area contributed by atoms with Crippen LogP contribution in [0.2, 0.25) is 0 Å². The first-order chi connectivity index (χ1) is 13.6. The van der Waals surface area contributed by atoms with Gasteiger partial charge >= 0.3 is 6.03 Å². The summed E-state index contributed by atoms with van der Waals surface area (Å²) in [7, 11) is 1.57. The number of amides is 3. The van der Waals surface area contributed by atoms with Gasteiger partial charge in [-0.25, -0.2) is 9.78 Å².